The van der Waals surface area contributed by atoms with Crippen molar-refractivity contribution in [1.29, 1.82) is 0 Å². The predicted molar refractivity (Wildman–Crippen MR) is 201 cm³/mol. The molecule has 49 heavy (non-hydrogen) atoms. The van der Waals surface area contributed by atoms with E-state index in [-0.39, 0.29) is 0 Å². The Morgan fingerprint density at radius 3 is 1.80 bits per heavy atom. The highest BCUT2D eigenvalue weighted by Crippen LogP contribution is 2.38. The number of nitrogens with zero attached hydrogens (tertiary/aromatic N) is 3. The molecule has 0 amide bonds. The molecule has 0 aliphatic rings. The van der Waals surface area contributed by atoms with Crippen molar-refractivity contribution >= 4 is 54.3 Å². The van der Waals surface area contributed by atoms with Gasteiger partial charge in [-0.15, -0.1) is 0 Å². The van der Waals surface area contributed by atoms with Crippen LogP contribution >= 0.6 is 0 Å². The Kier molecular flexibility index (Phi) is 6.15. The summed E-state index contributed by atoms with van der Waals surface area (Å²) in [6, 6.07) is 57.0. The number of aromatic nitrogens is 3. The number of para-hydroxylation sites is 1. The van der Waals surface area contributed by atoms with Gasteiger partial charge in [-0.2, -0.15) is 0 Å². The highest BCUT2D eigenvalue weighted by Gasteiger charge is 2.18. The van der Waals surface area contributed by atoms with Gasteiger partial charge in [0.25, 0.3) is 0 Å². The molecule has 8 aromatic carbocycles. The van der Waals surface area contributed by atoms with Crippen LogP contribution in [-0.4, -0.2) is 15.0 Å². The van der Waals surface area contributed by atoms with Gasteiger partial charge < -0.3 is 4.42 Å². The summed E-state index contributed by atoms with van der Waals surface area (Å²) < 4.78 is 6.25. The van der Waals surface area contributed by atoms with Crippen molar-refractivity contribution in [2.75, 3.05) is 0 Å². The van der Waals surface area contributed by atoms with Gasteiger partial charge in [-0.1, -0.05) is 133 Å². The van der Waals surface area contributed by atoms with Crippen LogP contribution in [-0.2, 0) is 0 Å². The second-order valence-electron chi connectivity index (χ2n) is 12.4. The van der Waals surface area contributed by atoms with Crippen LogP contribution in [0.1, 0.15) is 0 Å². The van der Waals surface area contributed by atoms with Crippen molar-refractivity contribution in [3.05, 3.63) is 164 Å². The van der Waals surface area contributed by atoms with Crippen LogP contribution in [0.3, 0.4) is 0 Å². The second-order valence-corrected chi connectivity index (χ2v) is 12.4. The van der Waals surface area contributed by atoms with Crippen molar-refractivity contribution < 1.29 is 4.42 Å². The third-order valence-corrected chi connectivity index (χ3v) is 9.49. The normalized spacial score (nSPS) is 11.7. The molecule has 0 bridgehead atoms. The monoisotopic (exact) mass is 625 g/mol. The number of hydrogen-bond donors (Lipinski definition) is 0. The Balaban J connectivity index is 1.21. The van der Waals surface area contributed by atoms with Gasteiger partial charge in [-0.3, -0.25) is 0 Å². The topological polar surface area (TPSA) is 51.8 Å². The van der Waals surface area contributed by atoms with Crippen molar-refractivity contribution in [3.8, 4) is 45.3 Å². The summed E-state index contributed by atoms with van der Waals surface area (Å²) in [5, 5.41) is 9.25. The standard InChI is InChI=1S/C45H27N3O/c1-2-12-29-25-33(24-23-28(29)11-1)44-46-43(47-45(48-44)38-20-10-22-41-42(38)37-19-7-8-21-40(37)49-41)32-15-9-14-30(26-32)39-27-31-13-3-4-16-34(31)35-17-5-6-18-36(35)39/h1-27H. The molecule has 0 saturated heterocycles. The third kappa shape index (κ3) is 4.57. The van der Waals surface area contributed by atoms with Crippen LogP contribution in [0.2, 0.25) is 0 Å². The maximum Gasteiger partial charge on any atom is 0.164 e. The van der Waals surface area contributed by atoms with Gasteiger partial charge in [0.2, 0.25) is 0 Å². The van der Waals surface area contributed by atoms with Crippen LogP contribution in [0.25, 0.3) is 99.5 Å². The number of fused-ring (bicyclic) bond motifs is 7. The largest absolute Gasteiger partial charge is 0.456 e. The zero-order chi connectivity index (χ0) is 32.3. The molecular formula is C45H27N3O. The van der Waals surface area contributed by atoms with E-state index in [0.717, 1.165) is 49.6 Å². The van der Waals surface area contributed by atoms with E-state index in [4.69, 9.17) is 19.4 Å². The predicted octanol–water partition coefficient (Wildman–Crippen LogP) is 11.9. The van der Waals surface area contributed by atoms with E-state index in [0.29, 0.717) is 17.5 Å². The summed E-state index contributed by atoms with van der Waals surface area (Å²) in [7, 11) is 0. The lowest BCUT2D eigenvalue weighted by Gasteiger charge is -2.13. The minimum absolute atomic E-state index is 0.604. The molecule has 0 aliphatic carbocycles. The summed E-state index contributed by atoms with van der Waals surface area (Å²) in [4.78, 5) is 15.5. The van der Waals surface area contributed by atoms with Crippen LogP contribution < -0.4 is 0 Å². The maximum atomic E-state index is 6.25. The molecule has 0 aliphatic heterocycles. The van der Waals surface area contributed by atoms with E-state index in [1.807, 2.05) is 30.3 Å². The van der Waals surface area contributed by atoms with Gasteiger partial charge in [-0.25, -0.2) is 15.0 Å². The zero-order valence-corrected chi connectivity index (χ0v) is 26.3. The molecular weight excluding hydrogens is 599 g/mol. The Labute approximate surface area is 282 Å². The number of hydrogen-bond acceptors (Lipinski definition) is 4. The first-order valence-corrected chi connectivity index (χ1v) is 16.4. The Bertz CT molecular complexity index is 2900. The highest BCUT2D eigenvalue weighted by molar-refractivity contribution is 6.14. The first kappa shape index (κ1) is 27.5. The fraction of sp³-hybridized carbons (Fsp3) is 0. The molecule has 0 unspecified atom stereocenters. The quantitative estimate of drug-likeness (QED) is 0.183. The Hall–Kier alpha value is -6.65. The number of benzene rings is 8. The fourth-order valence-corrected chi connectivity index (χ4v) is 7.16. The van der Waals surface area contributed by atoms with Gasteiger partial charge in [0.1, 0.15) is 11.2 Å². The molecule has 2 aromatic heterocycles. The van der Waals surface area contributed by atoms with Crippen molar-refractivity contribution in [2.45, 2.75) is 0 Å². The van der Waals surface area contributed by atoms with E-state index in [1.54, 1.807) is 0 Å². The molecule has 4 nitrogen and oxygen atoms in total. The molecule has 4 heteroatoms. The SMILES string of the molecule is c1cc(-c2nc(-c3ccc4ccccc4c3)nc(-c3cccc4oc5ccccc5c34)n2)cc(-c2cc3ccccc3c3ccccc23)c1. The van der Waals surface area contributed by atoms with Crippen LogP contribution in [0.15, 0.2) is 168 Å². The molecule has 0 atom stereocenters. The average molecular weight is 626 g/mol. The zero-order valence-electron chi connectivity index (χ0n) is 26.3. The molecule has 10 rings (SSSR count). The van der Waals surface area contributed by atoms with Crippen molar-refractivity contribution in [1.82, 2.24) is 15.0 Å². The van der Waals surface area contributed by atoms with Crippen LogP contribution in [0.5, 0.6) is 0 Å². The van der Waals surface area contributed by atoms with Gasteiger partial charge >= 0.3 is 0 Å². The van der Waals surface area contributed by atoms with Gasteiger partial charge in [0, 0.05) is 27.5 Å². The van der Waals surface area contributed by atoms with Gasteiger partial charge in [-0.05, 0) is 73.8 Å². The highest BCUT2D eigenvalue weighted by atomic mass is 16.3. The molecule has 2 heterocycles. The van der Waals surface area contributed by atoms with Crippen molar-refractivity contribution in [3.63, 3.8) is 0 Å². The smallest absolute Gasteiger partial charge is 0.164 e. The van der Waals surface area contributed by atoms with Crippen LogP contribution in [0.4, 0.5) is 0 Å². The van der Waals surface area contributed by atoms with Gasteiger partial charge in [0.05, 0.1) is 0 Å². The minimum atomic E-state index is 0.604. The van der Waals surface area contributed by atoms with E-state index >= 15 is 0 Å². The summed E-state index contributed by atoms with van der Waals surface area (Å²) in [5.41, 5.74) is 6.69. The molecule has 0 fully saturated rings. The lowest BCUT2D eigenvalue weighted by atomic mass is 9.92. The summed E-state index contributed by atoms with van der Waals surface area (Å²) >= 11 is 0. The lowest BCUT2D eigenvalue weighted by Crippen LogP contribution is -2.00. The molecule has 10 aromatic rings. The van der Waals surface area contributed by atoms with E-state index in [2.05, 4.69) is 133 Å². The summed E-state index contributed by atoms with van der Waals surface area (Å²) in [6.45, 7) is 0. The molecule has 0 spiro atoms. The number of rotatable bonds is 4. The first-order chi connectivity index (χ1) is 24.3. The average Bonchev–Trinajstić information content (AvgIpc) is 3.56. The first-order valence-electron chi connectivity index (χ1n) is 16.4. The van der Waals surface area contributed by atoms with Crippen LogP contribution in [0, 0.1) is 0 Å². The van der Waals surface area contributed by atoms with Gasteiger partial charge in [0.15, 0.2) is 17.5 Å². The molecule has 0 saturated carbocycles. The third-order valence-electron chi connectivity index (χ3n) is 9.49. The maximum absolute atomic E-state index is 6.25. The molecule has 0 radical (unpaired) electrons. The van der Waals surface area contributed by atoms with E-state index in [9.17, 15) is 0 Å². The summed E-state index contributed by atoms with van der Waals surface area (Å²) in [6.07, 6.45) is 0. The lowest BCUT2D eigenvalue weighted by molar-refractivity contribution is 0.669. The number of furan rings is 1. The van der Waals surface area contributed by atoms with E-state index < -0.39 is 0 Å². The molecule has 0 N–H and O–H groups in total. The van der Waals surface area contributed by atoms with Crippen molar-refractivity contribution in [2.24, 2.45) is 0 Å². The van der Waals surface area contributed by atoms with E-state index in [1.165, 1.54) is 32.5 Å². The Morgan fingerprint density at radius 2 is 0.939 bits per heavy atom. The Morgan fingerprint density at radius 1 is 0.327 bits per heavy atom. The minimum Gasteiger partial charge on any atom is -0.456 e. The summed E-state index contributed by atoms with van der Waals surface area (Å²) in [5.74, 6) is 1.84. The second kappa shape index (κ2) is 11.0. The fourth-order valence-electron chi connectivity index (χ4n) is 7.16. The molecule has 228 valence electrons.